The summed E-state index contributed by atoms with van der Waals surface area (Å²) in [4.78, 5) is 14.1. The second-order valence-electron chi connectivity index (χ2n) is 5.09. The van der Waals surface area contributed by atoms with Crippen LogP contribution in [0.5, 0.6) is 11.5 Å². The molecule has 3 N–H and O–H groups in total. The van der Waals surface area contributed by atoms with Crippen molar-refractivity contribution in [2.24, 2.45) is 11.8 Å². The van der Waals surface area contributed by atoms with Gasteiger partial charge in [-0.25, -0.2) is 0 Å². The minimum Gasteiger partial charge on any atom is -0.508 e. The van der Waals surface area contributed by atoms with E-state index in [1.807, 2.05) is 0 Å². The number of carbonyl (C=O) groups excluding carboxylic acids is 1. The number of nitrogens with one attached hydrogen (secondary N) is 1. The summed E-state index contributed by atoms with van der Waals surface area (Å²) in [6.07, 6.45) is 0. The third-order valence-corrected chi connectivity index (χ3v) is 3.89. The van der Waals surface area contributed by atoms with Gasteiger partial charge in [0, 0.05) is 32.2 Å². The molecule has 3 rings (SSSR count). The van der Waals surface area contributed by atoms with Crippen LogP contribution in [0.1, 0.15) is 10.4 Å². The fourth-order valence-corrected chi connectivity index (χ4v) is 2.89. The number of hydrogen-bond donors (Lipinski definition) is 3. The van der Waals surface area contributed by atoms with E-state index in [9.17, 15) is 15.0 Å². The lowest BCUT2D eigenvalue weighted by molar-refractivity contribution is 0.0778. The van der Waals surface area contributed by atoms with E-state index in [1.54, 1.807) is 4.90 Å². The summed E-state index contributed by atoms with van der Waals surface area (Å²) in [6.45, 7) is 3.43. The number of carbonyl (C=O) groups is 1. The van der Waals surface area contributed by atoms with E-state index in [4.69, 9.17) is 0 Å². The number of likely N-dealkylation sites (tertiary alicyclic amines) is 1. The van der Waals surface area contributed by atoms with Gasteiger partial charge in [0.2, 0.25) is 0 Å². The molecule has 0 radical (unpaired) electrons. The molecule has 2 aliphatic heterocycles. The third kappa shape index (κ3) is 1.80. The molecule has 96 valence electrons. The van der Waals surface area contributed by atoms with Crippen molar-refractivity contribution in [3.8, 4) is 11.5 Å². The Hall–Kier alpha value is -1.75. The molecule has 0 spiro atoms. The van der Waals surface area contributed by atoms with Crippen LogP contribution in [0.25, 0.3) is 0 Å². The van der Waals surface area contributed by atoms with Crippen LogP contribution in [0, 0.1) is 11.8 Å². The fraction of sp³-hybridized carbons (Fsp3) is 0.462. The number of hydrogen-bond acceptors (Lipinski definition) is 4. The standard InChI is InChI=1S/C13H16N2O3/c16-10-1-2-11(12(17)3-10)13(18)15-6-8-4-14-5-9(8)7-15/h1-3,8-9,14,16-17H,4-7H2. The predicted molar refractivity (Wildman–Crippen MR) is 65.5 cm³/mol. The Bertz CT molecular complexity index is 477. The maximum absolute atomic E-state index is 12.3. The molecule has 2 saturated heterocycles. The summed E-state index contributed by atoms with van der Waals surface area (Å²) in [5.74, 6) is 0.727. The van der Waals surface area contributed by atoms with Gasteiger partial charge in [0.1, 0.15) is 11.5 Å². The van der Waals surface area contributed by atoms with Crippen LogP contribution in [0.3, 0.4) is 0 Å². The highest BCUT2D eigenvalue weighted by Crippen LogP contribution is 2.30. The smallest absolute Gasteiger partial charge is 0.257 e. The Morgan fingerprint density at radius 3 is 2.50 bits per heavy atom. The van der Waals surface area contributed by atoms with Crippen LogP contribution in [0.15, 0.2) is 18.2 Å². The molecule has 0 aliphatic carbocycles. The first-order valence-corrected chi connectivity index (χ1v) is 6.17. The van der Waals surface area contributed by atoms with Crippen molar-refractivity contribution < 1.29 is 15.0 Å². The number of aromatic hydroxyl groups is 2. The Kier molecular flexibility index (Phi) is 2.63. The van der Waals surface area contributed by atoms with Gasteiger partial charge in [-0.15, -0.1) is 0 Å². The van der Waals surface area contributed by atoms with E-state index in [2.05, 4.69) is 5.32 Å². The van der Waals surface area contributed by atoms with Crippen LogP contribution in [-0.2, 0) is 0 Å². The number of amides is 1. The largest absolute Gasteiger partial charge is 0.508 e. The molecule has 1 amide bonds. The van der Waals surface area contributed by atoms with E-state index >= 15 is 0 Å². The van der Waals surface area contributed by atoms with Crippen molar-refractivity contribution in [3.63, 3.8) is 0 Å². The summed E-state index contributed by atoms with van der Waals surface area (Å²) >= 11 is 0. The summed E-state index contributed by atoms with van der Waals surface area (Å²) in [5, 5.41) is 22.2. The molecule has 2 fully saturated rings. The molecule has 0 aromatic heterocycles. The Morgan fingerprint density at radius 1 is 1.22 bits per heavy atom. The molecule has 2 aliphatic rings. The number of phenols is 2. The lowest BCUT2D eigenvalue weighted by Crippen LogP contribution is -2.31. The highest BCUT2D eigenvalue weighted by atomic mass is 16.3. The Morgan fingerprint density at radius 2 is 1.89 bits per heavy atom. The molecule has 5 nitrogen and oxygen atoms in total. The summed E-state index contributed by atoms with van der Waals surface area (Å²) in [7, 11) is 0. The zero-order chi connectivity index (χ0) is 12.7. The average molecular weight is 248 g/mol. The molecule has 0 saturated carbocycles. The van der Waals surface area contributed by atoms with E-state index in [1.165, 1.54) is 18.2 Å². The van der Waals surface area contributed by atoms with Crippen molar-refractivity contribution >= 4 is 5.91 Å². The molecule has 5 heteroatoms. The van der Waals surface area contributed by atoms with E-state index < -0.39 is 0 Å². The molecular weight excluding hydrogens is 232 g/mol. The van der Waals surface area contributed by atoms with Crippen LogP contribution in [0.4, 0.5) is 0 Å². The molecule has 0 bridgehead atoms. The van der Waals surface area contributed by atoms with Gasteiger partial charge in [-0.1, -0.05) is 0 Å². The second kappa shape index (κ2) is 4.17. The minimum atomic E-state index is -0.157. The topological polar surface area (TPSA) is 72.8 Å². The van der Waals surface area contributed by atoms with Crippen LogP contribution >= 0.6 is 0 Å². The van der Waals surface area contributed by atoms with Gasteiger partial charge < -0.3 is 20.4 Å². The first-order chi connectivity index (χ1) is 8.65. The van der Waals surface area contributed by atoms with Crippen molar-refractivity contribution in [1.82, 2.24) is 10.2 Å². The van der Waals surface area contributed by atoms with Crippen molar-refractivity contribution in [3.05, 3.63) is 23.8 Å². The van der Waals surface area contributed by atoms with Crippen molar-refractivity contribution in [2.75, 3.05) is 26.2 Å². The zero-order valence-corrected chi connectivity index (χ0v) is 9.97. The van der Waals surface area contributed by atoms with Crippen LogP contribution in [-0.4, -0.2) is 47.2 Å². The third-order valence-electron chi connectivity index (χ3n) is 3.89. The molecular formula is C13H16N2O3. The van der Waals surface area contributed by atoms with Gasteiger partial charge in [-0.3, -0.25) is 4.79 Å². The number of fused-ring (bicyclic) bond motifs is 1. The van der Waals surface area contributed by atoms with E-state index in [0.29, 0.717) is 11.8 Å². The second-order valence-corrected chi connectivity index (χ2v) is 5.09. The quantitative estimate of drug-likeness (QED) is 0.672. The molecule has 2 atom stereocenters. The maximum atomic E-state index is 12.3. The van der Waals surface area contributed by atoms with Gasteiger partial charge in [-0.2, -0.15) is 0 Å². The molecule has 2 heterocycles. The highest BCUT2D eigenvalue weighted by molar-refractivity contribution is 5.97. The number of nitrogens with zero attached hydrogens (tertiary/aromatic N) is 1. The van der Waals surface area contributed by atoms with Gasteiger partial charge in [0.15, 0.2) is 0 Å². The van der Waals surface area contributed by atoms with Crippen LogP contribution in [0.2, 0.25) is 0 Å². The predicted octanol–water partition coefficient (Wildman–Crippen LogP) is 0.389. The number of benzene rings is 1. The first kappa shape index (κ1) is 11.3. The van der Waals surface area contributed by atoms with Crippen LogP contribution < -0.4 is 5.32 Å². The lowest BCUT2D eigenvalue weighted by atomic mass is 10.0. The lowest BCUT2D eigenvalue weighted by Gasteiger charge is -2.18. The fourth-order valence-electron chi connectivity index (χ4n) is 2.89. The van der Waals surface area contributed by atoms with Gasteiger partial charge in [0.05, 0.1) is 5.56 Å². The van der Waals surface area contributed by atoms with Gasteiger partial charge in [-0.05, 0) is 24.0 Å². The number of phenolic OH excluding ortho intramolecular Hbond substituents is 2. The first-order valence-electron chi connectivity index (χ1n) is 6.17. The van der Waals surface area contributed by atoms with Crippen molar-refractivity contribution in [1.29, 1.82) is 0 Å². The normalized spacial score (nSPS) is 26.3. The minimum absolute atomic E-state index is 0.0356. The SMILES string of the molecule is O=C(c1ccc(O)cc1O)N1CC2CNCC2C1. The van der Waals surface area contributed by atoms with Gasteiger partial charge >= 0.3 is 0 Å². The molecule has 2 unspecified atom stereocenters. The Labute approximate surface area is 105 Å². The maximum Gasteiger partial charge on any atom is 0.257 e. The number of rotatable bonds is 1. The molecule has 1 aromatic carbocycles. The zero-order valence-electron chi connectivity index (χ0n) is 9.97. The van der Waals surface area contributed by atoms with Crippen molar-refractivity contribution in [2.45, 2.75) is 0 Å². The molecule has 18 heavy (non-hydrogen) atoms. The summed E-state index contributed by atoms with van der Waals surface area (Å²) in [5.41, 5.74) is 0.265. The highest BCUT2D eigenvalue weighted by Gasteiger charge is 2.38. The molecule has 1 aromatic rings. The van der Waals surface area contributed by atoms with E-state index in [0.717, 1.165) is 26.2 Å². The Balaban J connectivity index is 1.79. The summed E-state index contributed by atoms with van der Waals surface area (Å²) in [6, 6.07) is 4.09. The van der Waals surface area contributed by atoms with Gasteiger partial charge in [0.25, 0.3) is 5.91 Å². The monoisotopic (exact) mass is 248 g/mol. The summed E-state index contributed by atoms with van der Waals surface area (Å²) < 4.78 is 0. The average Bonchev–Trinajstić information content (AvgIpc) is 2.87. The van der Waals surface area contributed by atoms with E-state index in [-0.39, 0.29) is 23.0 Å².